The van der Waals surface area contributed by atoms with E-state index in [1.54, 1.807) is 0 Å². The molecule has 0 aliphatic heterocycles. The van der Waals surface area contributed by atoms with Crippen molar-refractivity contribution < 1.29 is 80.2 Å². The van der Waals surface area contributed by atoms with Crippen molar-refractivity contribution in [2.24, 2.45) is 11.8 Å². The van der Waals surface area contributed by atoms with Crippen molar-refractivity contribution in [3.63, 3.8) is 0 Å². The summed E-state index contributed by atoms with van der Waals surface area (Å²) in [6.45, 7) is 9.59. The minimum atomic E-state index is -4.96. The molecule has 0 aromatic heterocycles. The zero-order valence-electron chi connectivity index (χ0n) is 63.4. The van der Waals surface area contributed by atoms with E-state index in [9.17, 15) is 43.2 Å². The SMILES string of the molecule is CCCCCCCCCCCCCCCCCCCCCC(=O)O[C@H](COC(=O)CCCCCCCCCCCCC(C)CC)COP(=O)(O)OC[C@@H](O)COP(=O)(O)OC[C@@H](COC(=O)CCCCCCCCCC(C)C)OC(=O)CCCCCCCCCCCCCCCC. The van der Waals surface area contributed by atoms with Crippen molar-refractivity contribution in [1.82, 2.24) is 0 Å². The average Bonchev–Trinajstić information content (AvgIpc) is 3.33. The summed E-state index contributed by atoms with van der Waals surface area (Å²) in [6.07, 6.45) is 58.2. The summed E-state index contributed by atoms with van der Waals surface area (Å²) >= 11 is 0. The molecule has 3 unspecified atom stereocenters. The molecule has 6 atom stereocenters. The average molecular weight is 1420 g/mol. The fourth-order valence-electron chi connectivity index (χ4n) is 12.0. The number of carbonyl (C=O) groups excluding carboxylic acids is 4. The number of carbonyl (C=O) groups is 4. The van der Waals surface area contributed by atoms with E-state index in [1.807, 2.05) is 0 Å². The van der Waals surface area contributed by atoms with E-state index < -0.39 is 97.5 Å². The first-order chi connectivity index (χ1) is 46.9. The predicted octanol–water partition coefficient (Wildman–Crippen LogP) is 23.1. The molecule has 576 valence electrons. The van der Waals surface area contributed by atoms with Crippen LogP contribution in [0.1, 0.15) is 408 Å². The van der Waals surface area contributed by atoms with Crippen LogP contribution in [0.4, 0.5) is 0 Å². The topological polar surface area (TPSA) is 237 Å². The molecule has 0 amide bonds. The van der Waals surface area contributed by atoms with Gasteiger partial charge >= 0.3 is 39.5 Å². The van der Waals surface area contributed by atoms with Crippen LogP contribution in [-0.2, 0) is 65.4 Å². The van der Waals surface area contributed by atoms with Crippen LogP contribution in [-0.4, -0.2) is 96.7 Å². The molecule has 0 spiro atoms. The van der Waals surface area contributed by atoms with Crippen molar-refractivity contribution >= 4 is 39.5 Å². The molecule has 0 aromatic carbocycles. The molecule has 0 bridgehead atoms. The van der Waals surface area contributed by atoms with Gasteiger partial charge in [0.1, 0.15) is 19.3 Å². The molecule has 0 heterocycles. The second-order valence-corrected chi connectivity index (χ2v) is 31.7. The van der Waals surface area contributed by atoms with Crippen LogP contribution < -0.4 is 0 Å². The molecule has 0 aliphatic rings. The second-order valence-electron chi connectivity index (χ2n) is 28.8. The molecule has 0 saturated carbocycles. The van der Waals surface area contributed by atoms with Crippen LogP contribution in [0.2, 0.25) is 0 Å². The van der Waals surface area contributed by atoms with E-state index >= 15 is 0 Å². The number of hydrogen-bond donors (Lipinski definition) is 3. The Bertz CT molecular complexity index is 1870. The van der Waals surface area contributed by atoms with Crippen LogP contribution in [0, 0.1) is 11.8 Å². The summed E-state index contributed by atoms with van der Waals surface area (Å²) in [7, 11) is -9.91. The highest BCUT2D eigenvalue weighted by atomic mass is 31.2. The number of hydrogen-bond acceptors (Lipinski definition) is 15. The number of aliphatic hydroxyl groups is 1. The van der Waals surface area contributed by atoms with Gasteiger partial charge in [-0.3, -0.25) is 37.3 Å². The molecule has 19 heteroatoms. The summed E-state index contributed by atoms with van der Waals surface area (Å²) in [4.78, 5) is 72.9. The van der Waals surface area contributed by atoms with Crippen LogP contribution in [0.5, 0.6) is 0 Å². The standard InChI is InChI=1S/C78H152O17P2/c1-7-10-12-14-16-18-20-22-24-25-26-27-28-30-32-38-44-51-57-63-77(82)94-73(66-88-75(80)60-54-48-42-36-34-33-35-41-47-53-59-71(6)9-3)68-92-96(84,85)90-64-72(79)65-91-97(86,87)93-69-74(67-89-76(81)61-55-49-45-39-40-46-52-58-70(4)5)95-78(83)62-56-50-43-37-31-29-23-21-19-17-15-13-11-8-2/h70-74,79H,7-69H2,1-6H3,(H,84,85)(H,86,87)/t71?,72-,73-,74-/m1/s1. The number of phosphoric ester groups is 2. The van der Waals surface area contributed by atoms with Crippen LogP contribution in [0.3, 0.4) is 0 Å². The first-order valence-corrected chi connectivity index (χ1v) is 43.5. The van der Waals surface area contributed by atoms with Gasteiger partial charge < -0.3 is 33.8 Å². The van der Waals surface area contributed by atoms with Crippen molar-refractivity contribution in [2.75, 3.05) is 39.6 Å². The van der Waals surface area contributed by atoms with Gasteiger partial charge in [0.05, 0.1) is 26.4 Å². The fourth-order valence-corrected chi connectivity index (χ4v) is 13.6. The van der Waals surface area contributed by atoms with Gasteiger partial charge in [0.15, 0.2) is 12.2 Å². The Morgan fingerprint density at radius 3 is 0.784 bits per heavy atom. The van der Waals surface area contributed by atoms with Gasteiger partial charge in [0.25, 0.3) is 0 Å². The maximum atomic E-state index is 13.1. The number of ether oxygens (including phenoxy) is 4. The van der Waals surface area contributed by atoms with E-state index in [1.165, 1.54) is 218 Å². The maximum absolute atomic E-state index is 13.1. The van der Waals surface area contributed by atoms with Crippen LogP contribution >= 0.6 is 15.6 Å². The minimum Gasteiger partial charge on any atom is -0.462 e. The van der Waals surface area contributed by atoms with E-state index in [0.29, 0.717) is 31.6 Å². The predicted molar refractivity (Wildman–Crippen MR) is 395 cm³/mol. The number of aliphatic hydroxyl groups excluding tert-OH is 1. The lowest BCUT2D eigenvalue weighted by molar-refractivity contribution is -0.161. The fraction of sp³-hybridized carbons (Fsp3) is 0.949. The van der Waals surface area contributed by atoms with Crippen molar-refractivity contribution in [1.29, 1.82) is 0 Å². The third kappa shape index (κ3) is 70.9. The van der Waals surface area contributed by atoms with Gasteiger partial charge in [-0.1, -0.05) is 356 Å². The van der Waals surface area contributed by atoms with Gasteiger partial charge in [0, 0.05) is 25.7 Å². The number of unbranched alkanes of at least 4 members (excludes halogenated alkanes) is 46. The smallest absolute Gasteiger partial charge is 0.462 e. The summed E-state index contributed by atoms with van der Waals surface area (Å²) in [5, 5.41) is 10.6. The largest absolute Gasteiger partial charge is 0.472 e. The zero-order chi connectivity index (χ0) is 71.4. The highest BCUT2D eigenvalue weighted by Gasteiger charge is 2.30. The molecule has 3 N–H and O–H groups in total. The second kappa shape index (κ2) is 69.8. The van der Waals surface area contributed by atoms with E-state index in [0.717, 1.165) is 102 Å². The molecule has 17 nitrogen and oxygen atoms in total. The summed E-state index contributed by atoms with van der Waals surface area (Å²) in [5.41, 5.74) is 0. The van der Waals surface area contributed by atoms with Crippen molar-refractivity contribution in [3.8, 4) is 0 Å². The zero-order valence-corrected chi connectivity index (χ0v) is 65.2. The Labute approximate surface area is 594 Å². The van der Waals surface area contributed by atoms with Crippen molar-refractivity contribution in [2.45, 2.75) is 426 Å². The van der Waals surface area contributed by atoms with E-state index in [2.05, 4.69) is 41.5 Å². The molecule has 0 aliphatic carbocycles. The summed E-state index contributed by atoms with van der Waals surface area (Å²) in [5.74, 6) is -0.598. The Balaban J connectivity index is 5.24. The Kier molecular flexibility index (Phi) is 68.4. The minimum absolute atomic E-state index is 0.107. The Morgan fingerprint density at radius 2 is 0.526 bits per heavy atom. The number of esters is 4. The molecular weight excluding hydrogens is 1270 g/mol. The van der Waals surface area contributed by atoms with Gasteiger partial charge in [-0.2, -0.15) is 0 Å². The molecule has 97 heavy (non-hydrogen) atoms. The highest BCUT2D eigenvalue weighted by Crippen LogP contribution is 2.45. The first-order valence-electron chi connectivity index (χ1n) is 40.5. The molecule has 0 aromatic rings. The van der Waals surface area contributed by atoms with Crippen LogP contribution in [0.25, 0.3) is 0 Å². The highest BCUT2D eigenvalue weighted by molar-refractivity contribution is 7.47. The van der Waals surface area contributed by atoms with Gasteiger partial charge in [-0.25, -0.2) is 9.13 Å². The Hall–Kier alpha value is -1.94. The third-order valence-corrected chi connectivity index (χ3v) is 20.5. The lowest BCUT2D eigenvalue weighted by atomic mass is 9.99. The van der Waals surface area contributed by atoms with Gasteiger partial charge in [-0.15, -0.1) is 0 Å². The van der Waals surface area contributed by atoms with E-state index in [4.69, 9.17) is 37.0 Å². The molecule has 0 saturated heterocycles. The third-order valence-electron chi connectivity index (χ3n) is 18.6. The normalized spacial score (nSPS) is 14.2. The monoisotopic (exact) mass is 1420 g/mol. The molecule has 0 rings (SSSR count). The van der Waals surface area contributed by atoms with Crippen LogP contribution in [0.15, 0.2) is 0 Å². The maximum Gasteiger partial charge on any atom is 0.472 e. The Morgan fingerprint density at radius 1 is 0.299 bits per heavy atom. The number of phosphoric acid groups is 2. The lowest BCUT2D eigenvalue weighted by Crippen LogP contribution is -2.30. The molecular formula is C78H152O17P2. The quantitative estimate of drug-likeness (QED) is 0.0222. The van der Waals surface area contributed by atoms with E-state index in [-0.39, 0.29) is 25.7 Å². The van der Waals surface area contributed by atoms with Gasteiger partial charge in [0.2, 0.25) is 0 Å². The van der Waals surface area contributed by atoms with Gasteiger partial charge in [-0.05, 0) is 37.5 Å². The molecule has 0 radical (unpaired) electrons. The lowest BCUT2D eigenvalue weighted by Gasteiger charge is -2.21. The summed E-state index contributed by atoms with van der Waals surface area (Å²) in [6, 6.07) is 0. The summed E-state index contributed by atoms with van der Waals surface area (Å²) < 4.78 is 68.6. The number of rotatable bonds is 77. The van der Waals surface area contributed by atoms with Crippen molar-refractivity contribution in [3.05, 3.63) is 0 Å². The first kappa shape index (κ1) is 95.1. The molecule has 0 fully saturated rings.